The van der Waals surface area contributed by atoms with Crippen molar-refractivity contribution in [3.63, 3.8) is 0 Å². The summed E-state index contributed by atoms with van der Waals surface area (Å²) in [6, 6.07) is 3.44. The number of ether oxygens (including phenoxy) is 1. The number of amides is 2. The highest BCUT2D eigenvalue weighted by Crippen LogP contribution is 2.28. The quantitative estimate of drug-likeness (QED) is 0.733. The van der Waals surface area contributed by atoms with Gasteiger partial charge in [0.2, 0.25) is 5.91 Å². The Kier molecular flexibility index (Phi) is 4.71. The average molecular weight is 287 g/mol. The third-order valence-corrected chi connectivity index (χ3v) is 3.00. The molecule has 2 rings (SSSR count). The van der Waals surface area contributed by atoms with Gasteiger partial charge < -0.3 is 9.64 Å². The van der Waals surface area contributed by atoms with Gasteiger partial charge in [0.05, 0.1) is 0 Å². The number of carbonyl (C=O) groups excluding carboxylic acids is 2. The van der Waals surface area contributed by atoms with Gasteiger partial charge in [-0.2, -0.15) is 0 Å². The second kappa shape index (κ2) is 6.69. The Hall–Kier alpha value is -2.63. The third kappa shape index (κ3) is 3.28. The van der Waals surface area contributed by atoms with Crippen molar-refractivity contribution < 1.29 is 14.3 Å². The van der Waals surface area contributed by atoms with Gasteiger partial charge in [0.15, 0.2) is 18.2 Å². The molecule has 1 aliphatic heterocycles. The van der Waals surface area contributed by atoms with Crippen LogP contribution in [0.15, 0.2) is 43.6 Å². The molecular formula is C15H17N3O3. The molecule has 1 aromatic rings. The van der Waals surface area contributed by atoms with Crippen LogP contribution < -0.4 is 9.64 Å². The molecule has 0 unspecified atom stereocenters. The molecule has 0 saturated heterocycles. The standard InChI is InChI=1S/C15H17N3O3/c1-3-8-17(9-4-2)13(19)10-18-14(20)11-21-12-6-5-7-16-15(12)18/h3-7H,1-2,8-11H2. The van der Waals surface area contributed by atoms with E-state index in [1.807, 2.05) is 0 Å². The fourth-order valence-electron chi connectivity index (χ4n) is 2.02. The number of carbonyl (C=O) groups is 2. The first-order chi connectivity index (χ1) is 10.2. The highest BCUT2D eigenvalue weighted by Gasteiger charge is 2.29. The molecular weight excluding hydrogens is 270 g/mol. The zero-order valence-corrected chi connectivity index (χ0v) is 11.7. The van der Waals surface area contributed by atoms with Crippen LogP contribution in [0.3, 0.4) is 0 Å². The third-order valence-electron chi connectivity index (χ3n) is 3.00. The molecule has 21 heavy (non-hydrogen) atoms. The molecule has 0 radical (unpaired) electrons. The minimum absolute atomic E-state index is 0.0755. The molecule has 0 bridgehead atoms. The van der Waals surface area contributed by atoms with Gasteiger partial charge in [-0.15, -0.1) is 13.2 Å². The van der Waals surface area contributed by atoms with Crippen LogP contribution in [0.5, 0.6) is 5.75 Å². The molecule has 1 aliphatic rings. The predicted molar refractivity (Wildman–Crippen MR) is 79.1 cm³/mol. The largest absolute Gasteiger partial charge is 0.480 e. The molecule has 0 aliphatic carbocycles. The molecule has 6 heteroatoms. The minimum atomic E-state index is -0.285. The Bertz CT molecular complexity index is 561. The van der Waals surface area contributed by atoms with Gasteiger partial charge in [-0.05, 0) is 12.1 Å². The van der Waals surface area contributed by atoms with Crippen molar-refractivity contribution in [3.05, 3.63) is 43.6 Å². The van der Waals surface area contributed by atoms with Gasteiger partial charge in [-0.1, -0.05) is 12.2 Å². The molecule has 0 N–H and O–H groups in total. The van der Waals surface area contributed by atoms with Crippen LogP contribution in [0.2, 0.25) is 0 Å². The number of rotatable bonds is 6. The number of hydrogen-bond donors (Lipinski definition) is 0. The van der Waals surface area contributed by atoms with E-state index in [2.05, 4.69) is 18.1 Å². The van der Waals surface area contributed by atoms with Gasteiger partial charge in [0.25, 0.3) is 5.91 Å². The van der Waals surface area contributed by atoms with Crippen molar-refractivity contribution in [2.24, 2.45) is 0 Å². The average Bonchev–Trinajstić information content (AvgIpc) is 2.50. The first-order valence-corrected chi connectivity index (χ1v) is 6.55. The van der Waals surface area contributed by atoms with E-state index in [4.69, 9.17) is 4.74 Å². The van der Waals surface area contributed by atoms with Gasteiger partial charge >= 0.3 is 0 Å². The van der Waals surface area contributed by atoms with E-state index in [1.54, 1.807) is 35.4 Å². The van der Waals surface area contributed by atoms with E-state index >= 15 is 0 Å². The van der Waals surface area contributed by atoms with Gasteiger partial charge in [-0.3, -0.25) is 14.5 Å². The number of nitrogens with zero attached hydrogens (tertiary/aromatic N) is 3. The second-order valence-electron chi connectivity index (χ2n) is 4.47. The molecule has 2 heterocycles. The summed E-state index contributed by atoms with van der Waals surface area (Å²) in [5.41, 5.74) is 0. The van der Waals surface area contributed by atoms with Crippen molar-refractivity contribution in [2.75, 3.05) is 31.1 Å². The lowest BCUT2D eigenvalue weighted by Gasteiger charge is -2.29. The van der Waals surface area contributed by atoms with Crippen LogP contribution in [0.25, 0.3) is 0 Å². The topological polar surface area (TPSA) is 62.7 Å². The molecule has 0 atom stereocenters. The maximum absolute atomic E-state index is 12.3. The van der Waals surface area contributed by atoms with Crippen molar-refractivity contribution in [3.8, 4) is 5.75 Å². The van der Waals surface area contributed by atoms with E-state index in [0.717, 1.165) is 0 Å². The number of pyridine rings is 1. The highest BCUT2D eigenvalue weighted by molar-refractivity contribution is 6.01. The second-order valence-corrected chi connectivity index (χ2v) is 4.47. The van der Waals surface area contributed by atoms with Crippen molar-refractivity contribution in [1.29, 1.82) is 0 Å². The van der Waals surface area contributed by atoms with E-state index < -0.39 is 0 Å². The van der Waals surface area contributed by atoms with Crippen LogP contribution in [-0.2, 0) is 9.59 Å². The normalized spacial score (nSPS) is 13.1. The Balaban J connectivity index is 2.17. The Labute approximate surface area is 123 Å². The van der Waals surface area contributed by atoms with E-state index in [0.29, 0.717) is 24.7 Å². The van der Waals surface area contributed by atoms with Crippen LogP contribution >= 0.6 is 0 Å². The van der Waals surface area contributed by atoms with Gasteiger partial charge in [0.1, 0.15) is 6.54 Å². The molecule has 0 saturated carbocycles. The molecule has 0 aromatic carbocycles. The van der Waals surface area contributed by atoms with Crippen molar-refractivity contribution >= 4 is 17.6 Å². The summed E-state index contributed by atoms with van der Waals surface area (Å²) >= 11 is 0. The van der Waals surface area contributed by atoms with Gasteiger partial charge in [-0.25, -0.2) is 4.98 Å². The van der Waals surface area contributed by atoms with E-state index in [1.165, 1.54) is 4.90 Å². The lowest BCUT2D eigenvalue weighted by atomic mass is 10.3. The Morgan fingerprint density at radius 2 is 2.14 bits per heavy atom. The summed E-state index contributed by atoms with van der Waals surface area (Å²) in [6.45, 7) is 7.88. The Morgan fingerprint density at radius 3 is 2.81 bits per heavy atom. The smallest absolute Gasteiger partial charge is 0.266 e. The zero-order valence-electron chi connectivity index (χ0n) is 11.7. The highest BCUT2D eigenvalue weighted by atomic mass is 16.5. The maximum atomic E-state index is 12.3. The monoisotopic (exact) mass is 287 g/mol. The molecule has 1 aromatic heterocycles. The van der Waals surface area contributed by atoms with Crippen molar-refractivity contribution in [2.45, 2.75) is 0 Å². The summed E-state index contributed by atoms with van der Waals surface area (Å²) < 4.78 is 5.29. The number of fused-ring (bicyclic) bond motifs is 1. The SMILES string of the molecule is C=CCN(CC=C)C(=O)CN1C(=O)COc2cccnc21. The molecule has 6 nitrogen and oxygen atoms in total. The summed E-state index contributed by atoms with van der Waals surface area (Å²) in [7, 11) is 0. The minimum Gasteiger partial charge on any atom is -0.480 e. The number of hydrogen-bond acceptors (Lipinski definition) is 4. The van der Waals surface area contributed by atoms with Crippen LogP contribution in [0.4, 0.5) is 5.82 Å². The lowest BCUT2D eigenvalue weighted by molar-refractivity contribution is -0.131. The van der Waals surface area contributed by atoms with Crippen molar-refractivity contribution in [1.82, 2.24) is 9.88 Å². The van der Waals surface area contributed by atoms with Crippen LogP contribution in [0, 0.1) is 0 Å². The fourth-order valence-corrected chi connectivity index (χ4v) is 2.02. The summed E-state index contributed by atoms with van der Waals surface area (Å²) in [6.07, 6.45) is 4.83. The van der Waals surface area contributed by atoms with E-state index in [9.17, 15) is 9.59 Å². The maximum Gasteiger partial charge on any atom is 0.266 e. The van der Waals surface area contributed by atoms with E-state index in [-0.39, 0.29) is 25.0 Å². The number of anilines is 1. The Morgan fingerprint density at radius 1 is 1.43 bits per heavy atom. The summed E-state index contributed by atoms with van der Waals surface area (Å²) in [5, 5.41) is 0. The van der Waals surface area contributed by atoms with Crippen LogP contribution in [-0.4, -0.2) is 47.9 Å². The van der Waals surface area contributed by atoms with Crippen LogP contribution in [0.1, 0.15) is 0 Å². The predicted octanol–water partition coefficient (Wildman–Crippen LogP) is 1.01. The molecule has 2 amide bonds. The molecule has 0 fully saturated rings. The molecule has 110 valence electrons. The molecule has 0 spiro atoms. The zero-order chi connectivity index (χ0) is 15.2. The first-order valence-electron chi connectivity index (χ1n) is 6.55. The summed E-state index contributed by atoms with van der Waals surface area (Å²) in [4.78, 5) is 31.3. The lowest BCUT2D eigenvalue weighted by Crippen LogP contribution is -2.47. The number of aromatic nitrogens is 1. The van der Waals surface area contributed by atoms with Gasteiger partial charge in [0, 0.05) is 19.3 Å². The summed E-state index contributed by atoms with van der Waals surface area (Å²) in [5.74, 6) is 0.400. The fraction of sp³-hybridized carbons (Fsp3) is 0.267. The first kappa shape index (κ1) is 14.8.